The molecule has 0 aliphatic carbocycles. The molecule has 23 heavy (non-hydrogen) atoms. The fourth-order valence-electron chi connectivity index (χ4n) is 2.12. The van der Waals surface area contributed by atoms with Gasteiger partial charge in [-0.05, 0) is 20.8 Å². The third kappa shape index (κ3) is 4.80. The Morgan fingerprint density at radius 2 is 2.00 bits per heavy atom. The molecular weight excluding hydrogens is 300 g/mol. The Morgan fingerprint density at radius 1 is 1.30 bits per heavy atom. The van der Waals surface area contributed by atoms with Crippen molar-refractivity contribution in [3.63, 3.8) is 0 Å². The van der Waals surface area contributed by atoms with Gasteiger partial charge in [0.25, 0.3) is 0 Å². The number of hydrogen-bond acceptors (Lipinski definition) is 7. The Bertz CT molecular complexity index is 562. The van der Waals surface area contributed by atoms with Crippen LogP contribution in [0.3, 0.4) is 0 Å². The van der Waals surface area contributed by atoms with Crippen molar-refractivity contribution < 1.29 is 19.1 Å². The number of alkyl carbamates (subject to hydrolysis) is 1. The predicted octanol–water partition coefficient (Wildman–Crippen LogP) is 1.22. The molecular formula is C15H22N4O4. The number of carbonyl (C=O) groups is 2. The lowest BCUT2D eigenvalue weighted by Crippen LogP contribution is -2.52. The highest BCUT2D eigenvalue weighted by atomic mass is 16.6. The van der Waals surface area contributed by atoms with E-state index in [0.717, 1.165) is 13.1 Å². The molecule has 0 radical (unpaired) electrons. The third-order valence-electron chi connectivity index (χ3n) is 3.25. The third-order valence-corrected chi connectivity index (χ3v) is 3.25. The highest BCUT2D eigenvalue weighted by Gasteiger charge is 2.29. The molecule has 8 nitrogen and oxygen atoms in total. The molecule has 0 spiro atoms. The summed E-state index contributed by atoms with van der Waals surface area (Å²) >= 11 is 0. The first-order chi connectivity index (χ1) is 10.8. The molecule has 0 saturated carbocycles. The van der Waals surface area contributed by atoms with Gasteiger partial charge in [0.15, 0.2) is 5.69 Å². The van der Waals surface area contributed by atoms with E-state index in [-0.39, 0.29) is 5.69 Å². The first-order valence-electron chi connectivity index (χ1n) is 7.40. The molecule has 0 aromatic carbocycles. The lowest BCUT2D eigenvalue weighted by molar-refractivity contribution is 0.0515. The van der Waals surface area contributed by atoms with Gasteiger partial charge in [-0.15, -0.1) is 0 Å². The van der Waals surface area contributed by atoms with Crippen LogP contribution in [0.2, 0.25) is 0 Å². The van der Waals surface area contributed by atoms with E-state index in [4.69, 9.17) is 4.74 Å². The van der Waals surface area contributed by atoms with Crippen LogP contribution in [0.1, 0.15) is 31.3 Å². The molecule has 2 heterocycles. The first kappa shape index (κ1) is 17.0. The molecule has 1 N–H and O–H groups in total. The highest BCUT2D eigenvalue weighted by Crippen LogP contribution is 2.21. The molecule has 1 aromatic heterocycles. The summed E-state index contributed by atoms with van der Waals surface area (Å²) in [5.41, 5.74) is -0.313. The molecule has 8 heteroatoms. The van der Waals surface area contributed by atoms with Gasteiger partial charge in [-0.2, -0.15) is 0 Å². The number of anilines is 1. The number of aromatic nitrogens is 2. The molecule has 1 saturated heterocycles. The zero-order chi connectivity index (χ0) is 17.0. The molecule has 2 rings (SSSR count). The summed E-state index contributed by atoms with van der Waals surface area (Å²) < 4.78 is 9.76. The Labute approximate surface area is 135 Å². The maximum absolute atomic E-state index is 11.6. The number of nitrogens with one attached hydrogen (secondary N) is 1. The first-order valence-corrected chi connectivity index (χ1v) is 7.40. The van der Waals surface area contributed by atoms with Crippen molar-refractivity contribution in [3.05, 3.63) is 18.1 Å². The summed E-state index contributed by atoms with van der Waals surface area (Å²) in [4.78, 5) is 33.1. The monoisotopic (exact) mass is 322 g/mol. The maximum atomic E-state index is 11.6. The zero-order valence-electron chi connectivity index (χ0n) is 13.8. The second-order valence-electron chi connectivity index (χ2n) is 6.41. The van der Waals surface area contributed by atoms with Crippen molar-refractivity contribution >= 4 is 17.9 Å². The molecule has 0 atom stereocenters. The van der Waals surface area contributed by atoms with Crippen LogP contribution in [0.4, 0.5) is 10.6 Å². The normalized spacial score (nSPS) is 14.9. The predicted molar refractivity (Wildman–Crippen MR) is 83.3 cm³/mol. The maximum Gasteiger partial charge on any atom is 0.407 e. The molecule has 1 aliphatic heterocycles. The summed E-state index contributed by atoms with van der Waals surface area (Å²) in [5, 5.41) is 2.76. The molecule has 1 aromatic rings. The van der Waals surface area contributed by atoms with Crippen LogP contribution in [0.25, 0.3) is 0 Å². The van der Waals surface area contributed by atoms with E-state index in [1.807, 2.05) is 25.7 Å². The van der Waals surface area contributed by atoms with Gasteiger partial charge in [0.2, 0.25) is 0 Å². The fourth-order valence-corrected chi connectivity index (χ4v) is 2.12. The summed E-state index contributed by atoms with van der Waals surface area (Å²) in [5.74, 6) is 0.530. The quantitative estimate of drug-likeness (QED) is 0.833. The van der Waals surface area contributed by atoms with Crippen LogP contribution in [-0.4, -0.2) is 54.4 Å². The molecule has 1 aliphatic rings. The standard InChI is InChI=1S/C15H22N4O4/c1-15(2,3)23-14(21)18-5-10-8-19(9-10)12-7-16-11(6-17-12)13(20)22-4/h6-7,10H,5,8-9H2,1-4H3,(H,18,21). The lowest BCUT2D eigenvalue weighted by Gasteiger charge is -2.40. The molecule has 1 amide bonds. The highest BCUT2D eigenvalue weighted by molar-refractivity contribution is 5.86. The Kier molecular flexibility index (Phi) is 5.02. The van der Waals surface area contributed by atoms with Gasteiger partial charge >= 0.3 is 12.1 Å². The molecule has 1 fully saturated rings. The summed E-state index contributed by atoms with van der Waals surface area (Å²) in [6, 6.07) is 0. The largest absolute Gasteiger partial charge is 0.464 e. The number of ether oxygens (including phenoxy) is 2. The van der Waals surface area contributed by atoms with Crippen LogP contribution in [-0.2, 0) is 9.47 Å². The summed E-state index contributed by atoms with van der Waals surface area (Å²) in [7, 11) is 1.30. The number of methoxy groups -OCH3 is 1. The van der Waals surface area contributed by atoms with Gasteiger partial charge in [-0.3, -0.25) is 0 Å². The Hall–Kier alpha value is -2.38. The minimum absolute atomic E-state index is 0.180. The van der Waals surface area contributed by atoms with Crippen molar-refractivity contribution in [2.24, 2.45) is 5.92 Å². The van der Waals surface area contributed by atoms with Crippen molar-refractivity contribution in [2.75, 3.05) is 31.6 Å². The van der Waals surface area contributed by atoms with Crippen LogP contribution in [0, 0.1) is 5.92 Å². The summed E-state index contributed by atoms with van der Waals surface area (Å²) in [6.07, 6.45) is 2.54. The smallest absolute Gasteiger partial charge is 0.407 e. The fraction of sp³-hybridized carbons (Fsp3) is 0.600. The minimum Gasteiger partial charge on any atom is -0.464 e. The number of carbonyl (C=O) groups excluding carboxylic acids is 2. The van der Waals surface area contributed by atoms with Crippen molar-refractivity contribution in [2.45, 2.75) is 26.4 Å². The van der Waals surface area contributed by atoms with E-state index in [9.17, 15) is 9.59 Å². The zero-order valence-corrected chi connectivity index (χ0v) is 13.8. The van der Waals surface area contributed by atoms with Gasteiger partial charge in [0.05, 0.1) is 19.5 Å². The topological polar surface area (TPSA) is 93.7 Å². The Balaban J connectivity index is 1.74. The van der Waals surface area contributed by atoms with Gasteiger partial charge in [-0.1, -0.05) is 0 Å². The Morgan fingerprint density at radius 3 is 2.52 bits per heavy atom. The SMILES string of the molecule is COC(=O)c1cnc(N2CC(CNC(=O)OC(C)(C)C)C2)cn1. The van der Waals surface area contributed by atoms with Crippen molar-refractivity contribution in [1.82, 2.24) is 15.3 Å². The van der Waals surface area contributed by atoms with E-state index in [1.165, 1.54) is 13.3 Å². The van der Waals surface area contributed by atoms with Crippen molar-refractivity contribution in [3.8, 4) is 0 Å². The van der Waals surface area contributed by atoms with E-state index in [1.54, 1.807) is 6.20 Å². The molecule has 0 bridgehead atoms. The second kappa shape index (κ2) is 6.80. The lowest BCUT2D eigenvalue weighted by atomic mass is 10.0. The summed E-state index contributed by atoms with van der Waals surface area (Å²) in [6.45, 7) is 7.57. The van der Waals surface area contributed by atoms with Gasteiger partial charge in [0, 0.05) is 25.6 Å². The average Bonchev–Trinajstić information content (AvgIpc) is 2.43. The van der Waals surface area contributed by atoms with Gasteiger partial charge in [-0.25, -0.2) is 19.6 Å². The molecule has 126 valence electrons. The van der Waals surface area contributed by atoms with Crippen LogP contribution in [0.5, 0.6) is 0 Å². The second-order valence-corrected chi connectivity index (χ2v) is 6.41. The minimum atomic E-state index is -0.507. The van der Waals surface area contributed by atoms with E-state index >= 15 is 0 Å². The average molecular weight is 322 g/mol. The number of amides is 1. The van der Waals surface area contributed by atoms with E-state index in [2.05, 4.69) is 20.0 Å². The number of esters is 1. The van der Waals surface area contributed by atoms with Crippen LogP contribution >= 0.6 is 0 Å². The molecule has 0 unspecified atom stereocenters. The number of hydrogen-bond donors (Lipinski definition) is 1. The van der Waals surface area contributed by atoms with Crippen LogP contribution < -0.4 is 10.2 Å². The van der Waals surface area contributed by atoms with Crippen molar-refractivity contribution in [1.29, 1.82) is 0 Å². The van der Waals surface area contributed by atoms with E-state index < -0.39 is 17.7 Å². The number of rotatable bonds is 4. The van der Waals surface area contributed by atoms with Gasteiger partial charge in [0.1, 0.15) is 11.4 Å². The van der Waals surface area contributed by atoms with E-state index in [0.29, 0.717) is 18.3 Å². The number of nitrogens with zero attached hydrogens (tertiary/aromatic N) is 3. The van der Waals surface area contributed by atoms with Gasteiger partial charge < -0.3 is 19.7 Å². The van der Waals surface area contributed by atoms with Crippen LogP contribution in [0.15, 0.2) is 12.4 Å².